The summed E-state index contributed by atoms with van der Waals surface area (Å²) in [6, 6.07) is 8.13. The molecule has 0 atom stereocenters. The second-order valence-corrected chi connectivity index (χ2v) is 8.16. The molecule has 0 spiro atoms. The zero-order chi connectivity index (χ0) is 19.3. The molecular formula is C21H34N4O2. The van der Waals surface area contributed by atoms with Crippen LogP contribution in [0.5, 0.6) is 5.75 Å². The highest BCUT2D eigenvalue weighted by molar-refractivity contribution is 5.74. The van der Waals surface area contributed by atoms with Gasteiger partial charge in [-0.25, -0.2) is 4.79 Å². The van der Waals surface area contributed by atoms with Crippen LogP contribution in [0.1, 0.15) is 33.1 Å². The van der Waals surface area contributed by atoms with E-state index in [1.807, 2.05) is 23.1 Å². The molecule has 2 aliphatic rings. The highest BCUT2D eigenvalue weighted by Gasteiger charge is 2.29. The van der Waals surface area contributed by atoms with Crippen molar-refractivity contribution in [3.63, 3.8) is 0 Å². The average Bonchev–Trinajstić information content (AvgIpc) is 2.73. The molecule has 2 heterocycles. The van der Waals surface area contributed by atoms with Gasteiger partial charge in [0.15, 0.2) is 0 Å². The number of carbonyl (C=O) groups is 1. The number of nitrogens with one attached hydrogen (secondary N) is 1. The summed E-state index contributed by atoms with van der Waals surface area (Å²) < 4.78 is 5.47. The van der Waals surface area contributed by atoms with Crippen LogP contribution in [-0.4, -0.2) is 74.3 Å². The van der Waals surface area contributed by atoms with E-state index in [0.717, 1.165) is 50.7 Å². The quantitative estimate of drug-likeness (QED) is 0.861. The Kier molecular flexibility index (Phi) is 6.47. The summed E-state index contributed by atoms with van der Waals surface area (Å²) in [5.41, 5.74) is 1.11. The number of rotatable bonds is 5. The van der Waals surface area contributed by atoms with Crippen LogP contribution >= 0.6 is 0 Å². The second kappa shape index (κ2) is 8.83. The zero-order valence-electron chi connectivity index (χ0n) is 17.0. The van der Waals surface area contributed by atoms with Crippen LogP contribution in [0.2, 0.25) is 0 Å². The van der Waals surface area contributed by atoms with E-state index in [0.29, 0.717) is 6.54 Å². The molecule has 0 radical (unpaired) electrons. The topological polar surface area (TPSA) is 48.1 Å². The number of ether oxygens (including phenoxy) is 1. The first-order chi connectivity index (χ1) is 13.0. The van der Waals surface area contributed by atoms with Crippen molar-refractivity contribution in [1.82, 2.24) is 15.1 Å². The van der Waals surface area contributed by atoms with Gasteiger partial charge in [-0.05, 0) is 51.9 Å². The van der Waals surface area contributed by atoms with Crippen molar-refractivity contribution in [2.24, 2.45) is 0 Å². The van der Waals surface area contributed by atoms with E-state index in [9.17, 15) is 4.79 Å². The fraction of sp³-hybridized carbons (Fsp3) is 0.667. The first-order valence-electron chi connectivity index (χ1n) is 10.2. The van der Waals surface area contributed by atoms with E-state index in [2.05, 4.69) is 35.0 Å². The molecule has 1 N–H and O–H groups in total. The Labute approximate surface area is 163 Å². The van der Waals surface area contributed by atoms with Crippen LogP contribution in [0.15, 0.2) is 24.3 Å². The molecule has 27 heavy (non-hydrogen) atoms. The number of benzene rings is 1. The molecule has 0 saturated carbocycles. The molecule has 2 amide bonds. The van der Waals surface area contributed by atoms with E-state index in [4.69, 9.17) is 4.74 Å². The molecule has 1 aromatic carbocycles. The van der Waals surface area contributed by atoms with Gasteiger partial charge in [0.05, 0.1) is 12.8 Å². The van der Waals surface area contributed by atoms with Crippen LogP contribution < -0.4 is 15.0 Å². The molecule has 0 aliphatic carbocycles. The van der Waals surface area contributed by atoms with Crippen molar-refractivity contribution in [3.05, 3.63) is 24.3 Å². The lowest BCUT2D eigenvalue weighted by atomic mass is 9.98. The molecule has 0 bridgehead atoms. The molecule has 1 aromatic rings. The van der Waals surface area contributed by atoms with Gasteiger partial charge < -0.3 is 19.9 Å². The summed E-state index contributed by atoms with van der Waals surface area (Å²) in [4.78, 5) is 19.4. The van der Waals surface area contributed by atoms with Crippen molar-refractivity contribution in [3.8, 4) is 5.75 Å². The Morgan fingerprint density at radius 1 is 1.04 bits per heavy atom. The number of urea groups is 1. The second-order valence-electron chi connectivity index (χ2n) is 8.16. The van der Waals surface area contributed by atoms with E-state index < -0.39 is 0 Å². The van der Waals surface area contributed by atoms with Crippen LogP contribution in [0, 0.1) is 0 Å². The first kappa shape index (κ1) is 19.8. The van der Waals surface area contributed by atoms with Gasteiger partial charge >= 0.3 is 6.03 Å². The molecule has 2 fully saturated rings. The van der Waals surface area contributed by atoms with Gasteiger partial charge in [-0.2, -0.15) is 0 Å². The van der Waals surface area contributed by atoms with Crippen molar-refractivity contribution in [1.29, 1.82) is 0 Å². The normalized spacial score (nSPS) is 19.1. The Morgan fingerprint density at radius 2 is 1.70 bits per heavy atom. The molecule has 6 nitrogen and oxygen atoms in total. The highest BCUT2D eigenvalue weighted by atomic mass is 16.5. The lowest BCUT2D eigenvalue weighted by Crippen LogP contribution is -2.57. The number of carbonyl (C=O) groups excluding carboxylic acids is 1. The number of hydrogen-bond acceptors (Lipinski definition) is 4. The van der Waals surface area contributed by atoms with Crippen molar-refractivity contribution in [2.75, 3.05) is 57.8 Å². The number of hydrogen-bond donors (Lipinski definition) is 1. The van der Waals surface area contributed by atoms with Crippen molar-refractivity contribution < 1.29 is 9.53 Å². The minimum absolute atomic E-state index is 0.00923. The molecule has 2 aliphatic heterocycles. The maximum atomic E-state index is 12.6. The number of nitrogens with zero attached hydrogens (tertiary/aromatic N) is 3. The van der Waals surface area contributed by atoms with Gasteiger partial charge in [0.1, 0.15) is 5.75 Å². The van der Waals surface area contributed by atoms with Crippen LogP contribution in [0.3, 0.4) is 0 Å². The Hall–Kier alpha value is -1.95. The van der Waals surface area contributed by atoms with Crippen LogP contribution in [0.25, 0.3) is 0 Å². The lowest BCUT2D eigenvalue weighted by Gasteiger charge is -2.42. The van der Waals surface area contributed by atoms with Gasteiger partial charge in [-0.3, -0.25) is 4.90 Å². The number of piperazine rings is 1. The summed E-state index contributed by atoms with van der Waals surface area (Å²) in [6.45, 7) is 10.5. The van der Waals surface area contributed by atoms with Gasteiger partial charge in [0.25, 0.3) is 0 Å². The minimum Gasteiger partial charge on any atom is -0.495 e. The Morgan fingerprint density at radius 3 is 2.37 bits per heavy atom. The summed E-state index contributed by atoms with van der Waals surface area (Å²) in [7, 11) is 1.70. The first-order valence-corrected chi connectivity index (χ1v) is 10.2. The number of amides is 2. The third kappa shape index (κ3) is 4.86. The molecular weight excluding hydrogens is 340 g/mol. The number of likely N-dealkylation sites (tertiary alicyclic amines) is 1. The summed E-state index contributed by atoms with van der Waals surface area (Å²) in [6.07, 6.45) is 3.86. The van der Waals surface area contributed by atoms with Gasteiger partial charge in [0.2, 0.25) is 0 Å². The van der Waals surface area contributed by atoms with Gasteiger partial charge in [-0.15, -0.1) is 0 Å². The summed E-state index contributed by atoms with van der Waals surface area (Å²) >= 11 is 0. The molecule has 3 rings (SSSR count). The number of piperidine rings is 1. The molecule has 6 heteroatoms. The zero-order valence-corrected chi connectivity index (χ0v) is 17.0. The lowest BCUT2D eigenvalue weighted by molar-refractivity contribution is 0.0937. The number of methoxy groups -OCH3 is 1. The summed E-state index contributed by atoms with van der Waals surface area (Å²) in [5.74, 6) is 0.888. The maximum absolute atomic E-state index is 12.6. The fourth-order valence-corrected chi connectivity index (χ4v) is 4.06. The molecule has 150 valence electrons. The predicted octanol–water partition coefficient (Wildman–Crippen LogP) is 2.79. The average molecular weight is 375 g/mol. The van der Waals surface area contributed by atoms with E-state index in [-0.39, 0.29) is 11.6 Å². The largest absolute Gasteiger partial charge is 0.495 e. The standard InChI is InChI=1S/C21H34N4O2/c1-21(2,25-11-7-4-8-12-25)17-22-20(26)24-15-13-23(14-16-24)18-9-5-6-10-19(18)27-3/h5-6,9-10H,4,7-8,11-17H2,1-3H3,(H,22,26). The van der Waals surface area contributed by atoms with Gasteiger partial charge in [-0.1, -0.05) is 18.6 Å². The van der Waals surface area contributed by atoms with Crippen molar-refractivity contribution in [2.45, 2.75) is 38.6 Å². The predicted molar refractivity (Wildman–Crippen MR) is 110 cm³/mol. The minimum atomic E-state index is 0.00923. The van der Waals surface area contributed by atoms with Crippen LogP contribution in [0.4, 0.5) is 10.5 Å². The van der Waals surface area contributed by atoms with Crippen LogP contribution in [-0.2, 0) is 0 Å². The highest BCUT2D eigenvalue weighted by Crippen LogP contribution is 2.28. The van der Waals surface area contributed by atoms with Gasteiger partial charge in [0, 0.05) is 38.3 Å². The van der Waals surface area contributed by atoms with Crippen molar-refractivity contribution >= 4 is 11.7 Å². The Bertz CT molecular complexity index is 620. The Balaban J connectivity index is 1.48. The third-order valence-corrected chi connectivity index (χ3v) is 5.88. The molecule has 0 unspecified atom stereocenters. The van der Waals surface area contributed by atoms with E-state index in [1.165, 1.54) is 19.3 Å². The van der Waals surface area contributed by atoms with E-state index in [1.54, 1.807) is 7.11 Å². The fourth-order valence-electron chi connectivity index (χ4n) is 4.06. The smallest absolute Gasteiger partial charge is 0.317 e. The molecule has 2 saturated heterocycles. The monoisotopic (exact) mass is 374 g/mol. The third-order valence-electron chi connectivity index (χ3n) is 5.88. The maximum Gasteiger partial charge on any atom is 0.317 e. The number of anilines is 1. The number of para-hydroxylation sites is 2. The molecule has 0 aromatic heterocycles. The summed E-state index contributed by atoms with van der Waals surface area (Å²) in [5, 5.41) is 3.17. The SMILES string of the molecule is COc1ccccc1N1CCN(C(=O)NCC(C)(C)N2CCCCC2)CC1. The van der Waals surface area contributed by atoms with E-state index >= 15 is 0 Å².